The zero-order chi connectivity index (χ0) is 12.3. The van der Waals surface area contributed by atoms with Crippen LogP contribution in [0.15, 0.2) is 12.1 Å². The Hall–Kier alpha value is -1.62. The van der Waals surface area contributed by atoms with Crippen molar-refractivity contribution < 1.29 is 14.5 Å². The largest absolute Gasteiger partial charge is 0.462 e. The molecule has 1 aromatic carbocycles. The molecule has 0 atom stereocenters. The number of nitrogens with zero attached hydrogens (tertiary/aromatic N) is 1. The lowest BCUT2D eigenvalue weighted by Gasteiger charge is -2.07. The molecule has 1 rings (SSSR count). The highest BCUT2D eigenvalue weighted by atomic mass is 35.5. The highest BCUT2D eigenvalue weighted by Crippen LogP contribution is 2.28. The van der Waals surface area contributed by atoms with Crippen LogP contribution in [0.25, 0.3) is 0 Å². The molecule has 6 heteroatoms. The van der Waals surface area contributed by atoms with Gasteiger partial charge in [0.25, 0.3) is 5.69 Å². The molecule has 0 amide bonds. The molecule has 0 radical (unpaired) electrons. The average Bonchev–Trinajstić information content (AvgIpc) is 2.17. The van der Waals surface area contributed by atoms with Gasteiger partial charge < -0.3 is 4.74 Å². The molecule has 16 heavy (non-hydrogen) atoms. The monoisotopic (exact) mass is 243 g/mol. The summed E-state index contributed by atoms with van der Waals surface area (Å²) in [7, 11) is 0. The molecule has 0 aliphatic heterocycles. The van der Waals surface area contributed by atoms with Crippen LogP contribution < -0.4 is 0 Å². The van der Waals surface area contributed by atoms with Crippen molar-refractivity contribution in [1.82, 2.24) is 0 Å². The number of carbonyl (C=O) groups is 1. The van der Waals surface area contributed by atoms with Crippen molar-refractivity contribution in [2.75, 3.05) is 6.61 Å². The first-order chi connectivity index (χ1) is 7.49. The molecule has 0 saturated carbocycles. The first-order valence-corrected chi connectivity index (χ1v) is 4.97. The van der Waals surface area contributed by atoms with E-state index in [4.69, 9.17) is 16.3 Å². The summed E-state index contributed by atoms with van der Waals surface area (Å²) >= 11 is 5.81. The number of hydrogen-bond acceptors (Lipinski definition) is 4. The van der Waals surface area contributed by atoms with Crippen LogP contribution in [-0.2, 0) is 4.74 Å². The van der Waals surface area contributed by atoms with Crippen molar-refractivity contribution in [1.29, 1.82) is 0 Å². The number of hydrogen-bond donors (Lipinski definition) is 0. The van der Waals surface area contributed by atoms with E-state index >= 15 is 0 Å². The first kappa shape index (κ1) is 12.4. The van der Waals surface area contributed by atoms with Crippen molar-refractivity contribution >= 4 is 23.3 Å². The van der Waals surface area contributed by atoms with Gasteiger partial charge in [-0.2, -0.15) is 0 Å². The molecule has 0 aliphatic rings. The fraction of sp³-hybridized carbons (Fsp3) is 0.300. The second kappa shape index (κ2) is 4.94. The second-order valence-electron chi connectivity index (χ2n) is 3.04. The minimum atomic E-state index is -0.645. The highest BCUT2D eigenvalue weighted by Gasteiger charge is 2.22. The molecule has 0 unspecified atom stereocenters. The van der Waals surface area contributed by atoms with Crippen LogP contribution in [-0.4, -0.2) is 17.5 Å². The number of nitro groups is 1. The van der Waals surface area contributed by atoms with Crippen molar-refractivity contribution in [3.8, 4) is 0 Å². The fourth-order valence-corrected chi connectivity index (χ4v) is 1.60. The summed E-state index contributed by atoms with van der Waals surface area (Å²) in [4.78, 5) is 21.6. The van der Waals surface area contributed by atoms with E-state index in [-0.39, 0.29) is 28.4 Å². The van der Waals surface area contributed by atoms with Gasteiger partial charge in [-0.25, -0.2) is 4.79 Å². The van der Waals surface area contributed by atoms with E-state index in [1.165, 1.54) is 19.1 Å². The second-order valence-corrected chi connectivity index (χ2v) is 3.45. The quantitative estimate of drug-likeness (QED) is 0.465. The van der Waals surface area contributed by atoms with E-state index in [0.29, 0.717) is 0 Å². The molecule has 1 aromatic rings. The van der Waals surface area contributed by atoms with Gasteiger partial charge in [-0.05, 0) is 19.9 Å². The molecular weight excluding hydrogens is 234 g/mol. The summed E-state index contributed by atoms with van der Waals surface area (Å²) in [6.07, 6.45) is 0. The predicted molar refractivity (Wildman–Crippen MR) is 58.8 cm³/mol. The Morgan fingerprint density at radius 1 is 1.56 bits per heavy atom. The normalized spacial score (nSPS) is 9.94. The molecule has 0 aliphatic carbocycles. The number of rotatable bonds is 3. The Balaban J connectivity index is 3.31. The third-order valence-electron chi connectivity index (χ3n) is 2.06. The maximum atomic E-state index is 11.5. The zero-order valence-electron chi connectivity index (χ0n) is 8.82. The Labute approximate surface area is 97.1 Å². The average molecular weight is 244 g/mol. The van der Waals surface area contributed by atoms with Crippen LogP contribution in [0, 0.1) is 17.0 Å². The minimum Gasteiger partial charge on any atom is -0.462 e. The van der Waals surface area contributed by atoms with Crippen LogP contribution in [0.3, 0.4) is 0 Å². The summed E-state index contributed by atoms with van der Waals surface area (Å²) in [5, 5.41) is 10.8. The van der Waals surface area contributed by atoms with Gasteiger partial charge in [0.15, 0.2) is 0 Å². The van der Waals surface area contributed by atoms with Crippen molar-refractivity contribution in [3.05, 3.63) is 38.4 Å². The van der Waals surface area contributed by atoms with Gasteiger partial charge in [0.1, 0.15) is 0 Å². The molecule has 0 N–H and O–H groups in total. The van der Waals surface area contributed by atoms with Gasteiger partial charge >= 0.3 is 5.97 Å². The van der Waals surface area contributed by atoms with E-state index in [9.17, 15) is 14.9 Å². The summed E-state index contributed by atoms with van der Waals surface area (Å²) in [5.74, 6) is -0.645. The smallest absolute Gasteiger partial charge is 0.340 e. The molecule has 5 nitrogen and oxygen atoms in total. The van der Waals surface area contributed by atoms with Crippen LogP contribution in [0.5, 0.6) is 0 Å². The lowest BCUT2D eigenvalue weighted by molar-refractivity contribution is -0.385. The number of nitro benzene ring substituents is 1. The lowest BCUT2D eigenvalue weighted by Crippen LogP contribution is -2.09. The van der Waals surface area contributed by atoms with Crippen molar-refractivity contribution in [3.63, 3.8) is 0 Å². The van der Waals surface area contributed by atoms with E-state index in [0.717, 1.165) is 0 Å². The van der Waals surface area contributed by atoms with Gasteiger partial charge in [-0.15, -0.1) is 0 Å². The lowest BCUT2D eigenvalue weighted by atomic mass is 10.1. The topological polar surface area (TPSA) is 69.4 Å². The number of carbonyl (C=O) groups excluding carboxylic acids is 1. The van der Waals surface area contributed by atoms with Gasteiger partial charge in [-0.3, -0.25) is 10.1 Å². The number of halogens is 1. The van der Waals surface area contributed by atoms with Crippen LogP contribution >= 0.6 is 11.6 Å². The van der Waals surface area contributed by atoms with E-state index in [1.54, 1.807) is 6.92 Å². The van der Waals surface area contributed by atoms with Gasteiger partial charge in [0, 0.05) is 11.6 Å². The number of ether oxygens (including phenoxy) is 1. The molecule has 0 spiro atoms. The summed E-state index contributed by atoms with van der Waals surface area (Å²) in [5.41, 5.74) is 0.126. The molecular formula is C10H10ClNO4. The SMILES string of the molecule is CCOC(=O)c1c(Cl)ccc([N+](=O)[O-])c1C. The van der Waals surface area contributed by atoms with Crippen molar-refractivity contribution in [2.45, 2.75) is 13.8 Å². The summed E-state index contributed by atoms with van der Waals surface area (Å²) in [6.45, 7) is 3.31. The van der Waals surface area contributed by atoms with Gasteiger partial charge in [0.05, 0.1) is 22.1 Å². The molecule has 86 valence electrons. The maximum Gasteiger partial charge on any atom is 0.340 e. The predicted octanol–water partition coefficient (Wildman–Crippen LogP) is 2.73. The molecule has 0 heterocycles. The summed E-state index contributed by atoms with van der Waals surface area (Å²) in [6, 6.07) is 2.58. The molecule has 0 bridgehead atoms. The third kappa shape index (κ3) is 2.30. The first-order valence-electron chi connectivity index (χ1n) is 4.59. The Morgan fingerprint density at radius 2 is 2.19 bits per heavy atom. The van der Waals surface area contributed by atoms with Crippen LogP contribution in [0.4, 0.5) is 5.69 Å². The Kier molecular flexibility index (Phi) is 3.84. The zero-order valence-corrected chi connectivity index (χ0v) is 9.58. The van der Waals surface area contributed by atoms with Crippen molar-refractivity contribution in [2.24, 2.45) is 0 Å². The minimum absolute atomic E-state index is 0.0534. The maximum absolute atomic E-state index is 11.5. The Bertz CT molecular complexity index is 445. The molecule has 0 fully saturated rings. The van der Waals surface area contributed by atoms with E-state index < -0.39 is 10.9 Å². The summed E-state index contributed by atoms with van der Waals surface area (Å²) < 4.78 is 4.78. The molecule has 0 saturated heterocycles. The Morgan fingerprint density at radius 3 is 2.69 bits per heavy atom. The molecule has 0 aromatic heterocycles. The standard InChI is InChI=1S/C10H10ClNO4/c1-3-16-10(13)9-6(2)8(12(14)15)5-4-7(9)11/h4-5H,3H2,1-2H3. The van der Waals surface area contributed by atoms with Crippen LogP contribution in [0.1, 0.15) is 22.8 Å². The van der Waals surface area contributed by atoms with Gasteiger partial charge in [-0.1, -0.05) is 11.6 Å². The van der Waals surface area contributed by atoms with Gasteiger partial charge in [0.2, 0.25) is 0 Å². The highest BCUT2D eigenvalue weighted by molar-refractivity contribution is 6.33. The number of benzene rings is 1. The van der Waals surface area contributed by atoms with E-state index in [1.807, 2.05) is 0 Å². The van der Waals surface area contributed by atoms with Crippen LogP contribution in [0.2, 0.25) is 5.02 Å². The third-order valence-corrected chi connectivity index (χ3v) is 2.38. The number of esters is 1. The van der Waals surface area contributed by atoms with E-state index in [2.05, 4.69) is 0 Å². The fourth-order valence-electron chi connectivity index (χ4n) is 1.32.